The maximum Gasteiger partial charge on any atom is 0.163 e. The molecule has 3 nitrogen and oxygen atoms in total. The van der Waals surface area contributed by atoms with Gasteiger partial charge in [0.05, 0.1) is 22.1 Å². The molecule has 0 heterocycles. The number of carbonyl (C=O) groups excluding carboxylic acids is 1. The first kappa shape index (κ1) is 15.9. The van der Waals surface area contributed by atoms with Crippen LogP contribution in [0.4, 0.5) is 0 Å². The van der Waals surface area contributed by atoms with Crippen molar-refractivity contribution >= 4 is 32.5 Å². The maximum atomic E-state index is 12.1. The second-order valence-corrected chi connectivity index (χ2v) is 6.89. The molecule has 1 unspecified atom stereocenters. The van der Waals surface area contributed by atoms with E-state index in [0.717, 1.165) is 9.37 Å². The fourth-order valence-electron chi connectivity index (χ4n) is 1.81. The molecular weight excluding hydrogens is 352 g/mol. The second kappa shape index (κ2) is 7.52. The van der Waals surface area contributed by atoms with E-state index in [1.807, 2.05) is 30.3 Å². The summed E-state index contributed by atoms with van der Waals surface area (Å²) in [5.41, 5.74) is 0.548. The predicted molar refractivity (Wildman–Crippen MR) is 87.4 cm³/mol. The summed E-state index contributed by atoms with van der Waals surface area (Å²) in [7, 11) is -1.11. The van der Waals surface area contributed by atoms with Crippen molar-refractivity contribution in [1.82, 2.24) is 0 Å². The third-order valence-electron chi connectivity index (χ3n) is 2.87. The minimum atomic E-state index is -1.11. The standard InChI is InChI=1S/C16H15BrO3S/c1-12(18)15-4-2-3-5-16(15)20-10-11-21(19)14-8-6-13(17)7-9-14/h2-9H,10-11H2,1H3. The zero-order valence-corrected chi connectivity index (χ0v) is 13.9. The molecule has 2 aromatic carbocycles. The van der Waals surface area contributed by atoms with Gasteiger partial charge in [0.1, 0.15) is 12.4 Å². The Kier molecular flexibility index (Phi) is 5.70. The number of ether oxygens (including phenoxy) is 1. The minimum Gasteiger partial charge on any atom is -0.492 e. The number of ketones is 1. The van der Waals surface area contributed by atoms with Crippen molar-refractivity contribution < 1.29 is 13.7 Å². The van der Waals surface area contributed by atoms with Gasteiger partial charge in [0.25, 0.3) is 0 Å². The van der Waals surface area contributed by atoms with E-state index in [4.69, 9.17) is 4.74 Å². The number of para-hydroxylation sites is 1. The van der Waals surface area contributed by atoms with E-state index >= 15 is 0 Å². The largest absolute Gasteiger partial charge is 0.492 e. The van der Waals surface area contributed by atoms with Crippen molar-refractivity contribution in [1.29, 1.82) is 0 Å². The smallest absolute Gasteiger partial charge is 0.163 e. The van der Waals surface area contributed by atoms with Gasteiger partial charge in [0, 0.05) is 9.37 Å². The third-order valence-corrected chi connectivity index (χ3v) is 4.73. The monoisotopic (exact) mass is 366 g/mol. The lowest BCUT2D eigenvalue weighted by Gasteiger charge is -2.09. The van der Waals surface area contributed by atoms with Gasteiger partial charge in [-0.2, -0.15) is 0 Å². The average Bonchev–Trinajstić information content (AvgIpc) is 2.48. The zero-order valence-electron chi connectivity index (χ0n) is 11.5. The van der Waals surface area contributed by atoms with Gasteiger partial charge in [-0.3, -0.25) is 9.00 Å². The van der Waals surface area contributed by atoms with E-state index in [9.17, 15) is 9.00 Å². The lowest BCUT2D eigenvalue weighted by atomic mass is 10.1. The van der Waals surface area contributed by atoms with Gasteiger partial charge in [-0.25, -0.2) is 0 Å². The van der Waals surface area contributed by atoms with Crippen molar-refractivity contribution in [2.24, 2.45) is 0 Å². The molecule has 0 fully saturated rings. The van der Waals surface area contributed by atoms with Crippen molar-refractivity contribution in [2.75, 3.05) is 12.4 Å². The van der Waals surface area contributed by atoms with Crippen LogP contribution < -0.4 is 4.74 Å². The Balaban J connectivity index is 1.94. The first-order chi connectivity index (χ1) is 10.1. The summed E-state index contributed by atoms with van der Waals surface area (Å²) in [5.74, 6) is 0.880. The Morgan fingerprint density at radius 1 is 1.14 bits per heavy atom. The lowest BCUT2D eigenvalue weighted by molar-refractivity contribution is 0.101. The summed E-state index contributed by atoms with van der Waals surface area (Å²) < 4.78 is 18.7. The van der Waals surface area contributed by atoms with Crippen molar-refractivity contribution in [3.63, 3.8) is 0 Å². The van der Waals surface area contributed by atoms with Gasteiger partial charge in [-0.05, 0) is 43.3 Å². The van der Waals surface area contributed by atoms with Crippen LogP contribution in [0.5, 0.6) is 5.75 Å². The topological polar surface area (TPSA) is 43.4 Å². The molecule has 0 spiro atoms. The molecule has 2 rings (SSSR count). The van der Waals surface area contributed by atoms with Crippen LogP contribution in [0.3, 0.4) is 0 Å². The molecule has 0 saturated heterocycles. The Morgan fingerprint density at radius 3 is 2.48 bits per heavy atom. The van der Waals surface area contributed by atoms with Gasteiger partial charge in [-0.1, -0.05) is 28.1 Å². The van der Waals surface area contributed by atoms with E-state index in [0.29, 0.717) is 23.7 Å². The second-order valence-electron chi connectivity index (χ2n) is 4.40. The van der Waals surface area contributed by atoms with Gasteiger partial charge in [0.2, 0.25) is 0 Å². The van der Waals surface area contributed by atoms with Crippen LogP contribution in [-0.4, -0.2) is 22.4 Å². The first-order valence-corrected chi connectivity index (χ1v) is 8.56. The number of hydrogen-bond acceptors (Lipinski definition) is 3. The number of benzene rings is 2. The SMILES string of the molecule is CC(=O)c1ccccc1OCCS(=O)c1ccc(Br)cc1. The fraction of sp³-hybridized carbons (Fsp3) is 0.188. The maximum absolute atomic E-state index is 12.1. The average molecular weight is 367 g/mol. The van der Waals surface area contributed by atoms with Gasteiger partial charge in [-0.15, -0.1) is 0 Å². The molecule has 0 aliphatic carbocycles. The molecule has 110 valence electrons. The summed E-state index contributed by atoms with van der Waals surface area (Å²) in [6.45, 7) is 1.80. The Morgan fingerprint density at radius 2 is 1.81 bits per heavy atom. The van der Waals surface area contributed by atoms with Crippen LogP contribution in [0.1, 0.15) is 17.3 Å². The summed E-state index contributed by atoms with van der Waals surface area (Å²) in [5, 5.41) is 0. The summed E-state index contributed by atoms with van der Waals surface area (Å²) in [6.07, 6.45) is 0. The van der Waals surface area contributed by atoms with E-state index in [2.05, 4.69) is 15.9 Å². The van der Waals surface area contributed by atoms with Crippen molar-refractivity contribution in [2.45, 2.75) is 11.8 Å². The third kappa shape index (κ3) is 4.51. The van der Waals surface area contributed by atoms with E-state index in [1.165, 1.54) is 6.92 Å². The highest BCUT2D eigenvalue weighted by atomic mass is 79.9. The van der Waals surface area contributed by atoms with Gasteiger partial charge >= 0.3 is 0 Å². The lowest BCUT2D eigenvalue weighted by Crippen LogP contribution is -2.10. The highest BCUT2D eigenvalue weighted by Gasteiger charge is 2.09. The number of rotatable bonds is 6. The molecule has 5 heteroatoms. The molecule has 21 heavy (non-hydrogen) atoms. The number of Topliss-reactive ketones (excluding diaryl/α,β-unsaturated/α-hetero) is 1. The molecule has 0 N–H and O–H groups in total. The minimum absolute atomic E-state index is 0.0420. The van der Waals surface area contributed by atoms with Crippen LogP contribution in [0.25, 0.3) is 0 Å². The zero-order chi connectivity index (χ0) is 15.2. The summed E-state index contributed by atoms with van der Waals surface area (Å²) >= 11 is 3.34. The van der Waals surface area contributed by atoms with Crippen molar-refractivity contribution in [3.8, 4) is 5.75 Å². The molecule has 0 aromatic heterocycles. The molecule has 0 aliphatic rings. The van der Waals surface area contributed by atoms with Crippen LogP contribution in [0.2, 0.25) is 0 Å². The van der Waals surface area contributed by atoms with Crippen LogP contribution in [0.15, 0.2) is 57.9 Å². The Bertz CT molecular complexity index is 653. The molecule has 0 radical (unpaired) electrons. The number of hydrogen-bond donors (Lipinski definition) is 0. The highest BCUT2D eigenvalue weighted by Crippen LogP contribution is 2.19. The number of halogens is 1. The van der Waals surface area contributed by atoms with Gasteiger partial charge < -0.3 is 4.74 Å². The molecule has 1 atom stereocenters. The van der Waals surface area contributed by atoms with Crippen LogP contribution in [-0.2, 0) is 10.8 Å². The van der Waals surface area contributed by atoms with Crippen LogP contribution >= 0.6 is 15.9 Å². The van der Waals surface area contributed by atoms with E-state index in [-0.39, 0.29) is 5.78 Å². The highest BCUT2D eigenvalue weighted by molar-refractivity contribution is 9.10. The molecule has 2 aromatic rings. The molecular formula is C16H15BrO3S. The van der Waals surface area contributed by atoms with E-state index < -0.39 is 10.8 Å². The first-order valence-electron chi connectivity index (χ1n) is 6.44. The molecule has 0 bridgehead atoms. The number of carbonyl (C=O) groups is 1. The quantitative estimate of drug-likeness (QED) is 0.729. The normalized spacial score (nSPS) is 11.9. The van der Waals surface area contributed by atoms with E-state index in [1.54, 1.807) is 18.2 Å². The van der Waals surface area contributed by atoms with Crippen LogP contribution in [0, 0.1) is 0 Å². The van der Waals surface area contributed by atoms with Gasteiger partial charge in [0.15, 0.2) is 5.78 Å². The Labute approximate surface area is 134 Å². The summed E-state index contributed by atoms with van der Waals surface area (Å²) in [4.78, 5) is 12.2. The predicted octanol–water partition coefficient (Wildman–Crippen LogP) is 3.84. The van der Waals surface area contributed by atoms with Crippen molar-refractivity contribution in [3.05, 3.63) is 58.6 Å². The Hall–Kier alpha value is -1.46. The molecule has 0 saturated carbocycles. The molecule has 0 amide bonds. The fourth-order valence-corrected chi connectivity index (χ4v) is 2.99. The summed E-state index contributed by atoms with van der Waals surface area (Å²) in [6, 6.07) is 14.4. The molecule has 0 aliphatic heterocycles.